The molecule has 0 unspecified atom stereocenters. The monoisotopic (exact) mass is 323 g/mol. The van der Waals surface area contributed by atoms with Gasteiger partial charge in [0.1, 0.15) is 6.04 Å². The van der Waals surface area contributed by atoms with E-state index in [0.29, 0.717) is 5.69 Å². The minimum Gasteiger partial charge on any atom is -0.463 e. The maximum Gasteiger partial charge on any atom is 0.279 e. The molecule has 2 aromatic rings. The lowest BCUT2D eigenvalue weighted by Crippen LogP contribution is -2.86. The van der Waals surface area contributed by atoms with Crippen LogP contribution < -0.4 is 10.6 Å². The third kappa shape index (κ3) is 4.44. The van der Waals surface area contributed by atoms with Crippen LogP contribution in [0.4, 0.5) is 5.69 Å². The van der Waals surface area contributed by atoms with Gasteiger partial charge in [0.2, 0.25) is 0 Å². The number of hydrogen-bond donors (Lipinski definition) is 2. The van der Waals surface area contributed by atoms with E-state index in [4.69, 9.17) is 4.42 Å². The number of nitrogens with one attached hydrogen (secondary N) is 1. The molecule has 1 atom stereocenters. The van der Waals surface area contributed by atoms with Gasteiger partial charge in [-0.05, 0) is 37.3 Å². The van der Waals surface area contributed by atoms with E-state index in [-0.39, 0.29) is 23.4 Å². The average Bonchev–Trinajstić information content (AvgIpc) is 2.98. The van der Waals surface area contributed by atoms with Gasteiger partial charge in [-0.25, -0.2) is 8.42 Å². The molecule has 118 valence electrons. The largest absolute Gasteiger partial charge is 0.463 e. The van der Waals surface area contributed by atoms with Gasteiger partial charge in [-0.15, -0.1) is 0 Å². The molecule has 0 radical (unpaired) electrons. The van der Waals surface area contributed by atoms with E-state index >= 15 is 0 Å². The molecule has 2 rings (SSSR count). The first-order valence-corrected chi connectivity index (χ1v) is 8.72. The molecule has 0 saturated heterocycles. The third-order valence-electron chi connectivity index (χ3n) is 3.19. The number of benzene rings is 1. The number of nitrogens with two attached hydrogens (primary N) is 1. The summed E-state index contributed by atoms with van der Waals surface area (Å²) in [4.78, 5) is 12.1. The quantitative estimate of drug-likeness (QED) is 0.827. The van der Waals surface area contributed by atoms with Gasteiger partial charge in [-0.1, -0.05) is 6.07 Å². The van der Waals surface area contributed by atoms with E-state index in [9.17, 15) is 13.2 Å². The summed E-state index contributed by atoms with van der Waals surface area (Å²) in [5, 5.41) is 4.53. The number of amides is 1. The van der Waals surface area contributed by atoms with Crippen molar-refractivity contribution in [2.45, 2.75) is 17.9 Å². The predicted molar refractivity (Wildman–Crippen MR) is 82.1 cm³/mol. The summed E-state index contributed by atoms with van der Waals surface area (Å²) < 4.78 is 28.2. The van der Waals surface area contributed by atoms with Crippen LogP contribution in [0.15, 0.2) is 52.0 Å². The first kappa shape index (κ1) is 16.3. The standard InChI is InChI=1S/C15H18N2O4S/c1-11(14-7-4-8-21-14)16-10-15(18)17-12-5-3-6-13(9-12)22(2,19)20/h3-9,11,16H,10H2,1-2H3,(H,17,18)/p+1/t11-/m0/s1. The minimum atomic E-state index is -3.29. The highest BCUT2D eigenvalue weighted by molar-refractivity contribution is 7.90. The highest BCUT2D eigenvalue weighted by Crippen LogP contribution is 2.15. The van der Waals surface area contributed by atoms with E-state index in [1.165, 1.54) is 12.1 Å². The number of anilines is 1. The SMILES string of the molecule is C[C@H]([NH2+]CC(=O)Nc1cccc(S(C)(=O)=O)c1)c1ccco1. The number of furan rings is 1. The van der Waals surface area contributed by atoms with Crippen LogP contribution in [-0.2, 0) is 14.6 Å². The lowest BCUT2D eigenvalue weighted by atomic mass is 10.2. The van der Waals surface area contributed by atoms with Crippen LogP contribution in [0, 0.1) is 0 Å². The Kier molecular flexibility index (Phi) is 4.99. The molecule has 1 heterocycles. The van der Waals surface area contributed by atoms with E-state index in [0.717, 1.165) is 12.0 Å². The van der Waals surface area contributed by atoms with E-state index in [2.05, 4.69) is 5.32 Å². The van der Waals surface area contributed by atoms with Crippen LogP contribution in [-0.4, -0.2) is 27.1 Å². The Morgan fingerprint density at radius 3 is 2.73 bits per heavy atom. The molecule has 0 aliphatic rings. The summed E-state index contributed by atoms with van der Waals surface area (Å²) in [6.07, 6.45) is 2.73. The summed E-state index contributed by atoms with van der Waals surface area (Å²) in [6, 6.07) is 9.89. The van der Waals surface area contributed by atoms with Gasteiger partial charge >= 0.3 is 0 Å². The zero-order valence-corrected chi connectivity index (χ0v) is 13.3. The van der Waals surface area contributed by atoms with E-state index in [1.807, 2.05) is 18.3 Å². The van der Waals surface area contributed by atoms with Gasteiger partial charge in [-0.3, -0.25) is 4.79 Å². The second-order valence-electron chi connectivity index (χ2n) is 5.09. The van der Waals surface area contributed by atoms with Gasteiger partial charge in [0, 0.05) is 11.9 Å². The molecule has 0 saturated carbocycles. The van der Waals surface area contributed by atoms with Crippen molar-refractivity contribution in [2.75, 3.05) is 18.1 Å². The molecular formula is C15H19N2O4S+. The van der Waals surface area contributed by atoms with E-state index < -0.39 is 9.84 Å². The second-order valence-corrected chi connectivity index (χ2v) is 7.11. The van der Waals surface area contributed by atoms with Crippen LogP contribution in [0.25, 0.3) is 0 Å². The molecule has 1 aromatic heterocycles. The average molecular weight is 323 g/mol. The Hall–Kier alpha value is -2.12. The van der Waals surface area contributed by atoms with Gasteiger partial charge in [0.25, 0.3) is 5.91 Å². The Bertz CT molecular complexity index is 739. The third-order valence-corrected chi connectivity index (χ3v) is 4.30. The lowest BCUT2D eigenvalue weighted by molar-refractivity contribution is -0.684. The molecule has 3 N–H and O–H groups in total. The number of sulfone groups is 1. The Labute approximate surface area is 129 Å². The topological polar surface area (TPSA) is 93.0 Å². The van der Waals surface area contributed by atoms with Crippen LogP contribution in [0.2, 0.25) is 0 Å². The number of carbonyl (C=O) groups excluding carboxylic acids is 1. The molecule has 0 spiro atoms. The Morgan fingerprint density at radius 1 is 1.32 bits per heavy atom. The number of hydrogen-bond acceptors (Lipinski definition) is 4. The highest BCUT2D eigenvalue weighted by Gasteiger charge is 2.14. The molecule has 22 heavy (non-hydrogen) atoms. The van der Waals surface area contributed by atoms with Crippen molar-refractivity contribution >= 4 is 21.4 Å². The number of carbonyl (C=O) groups is 1. The molecule has 0 bridgehead atoms. The predicted octanol–water partition coefficient (Wildman–Crippen LogP) is 0.946. The van der Waals surface area contributed by atoms with Crippen LogP contribution in [0.3, 0.4) is 0 Å². The smallest absolute Gasteiger partial charge is 0.279 e. The number of quaternary nitrogens is 1. The van der Waals surface area contributed by atoms with Gasteiger partial charge in [-0.2, -0.15) is 0 Å². The molecule has 7 heteroatoms. The van der Waals surface area contributed by atoms with Crippen molar-refractivity contribution < 1.29 is 22.9 Å². The summed E-state index contributed by atoms with van der Waals surface area (Å²) in [7, 11) is -3.29. The van der Waals surface area contributed by atoms with Gasteiger partial charge in [0.05, 0.1) is 11.2 Å². The normalized spacial score (nSPS) is 12.8. The molecule has 0 fully saturated rings. The van der Waals surface area contributed by atoms with Crippen molar-refractivity contribution in [2.24, 2.45) is 0 Å². The Balaban J connectivity index is 1.92. The van der Waals surface area contributed by atoms with Crippen LogP contribution in [0.5, 0.6) is 0 Å². The zero-order valence-electron chi connectivity index (χ0n) is 12.4. The fourth-order valence-corrected chi connectivity index (χ4v) is 2.63. The molecule has 1 amide bonds. The molecule has 0 aliphatic heterocycles. The highest BCUT2D eigenvalue weighted by atomic mass is 32.2. The van der Waals surface area contributed by atoms with Crippen molar-refractivity contribution in [3.63, 3.8) is 0 Å². The molecule has 6 nitrogen and oxygen atoms in total. The molecule has 0 aliphatic carbocycles. The number of rotatable bonds is 6. The second kappa shape index (κ2) is 6.76. The summed E-state index contributed by atoms with van der Waals surface area (Å²) in [5.41, 5.74) is 0.465. The maximum atomic E-state index is 11.9. The van der Waals surface area contributed by atoms with Crippen LogP contribution >= 0.6 is 0 Å². The van der Waals surface area contributed by atoms with Crippen molar-refractivity contribution in [3.8, 4) is 0 Å². The minimum absolute atomic E-state index is 0.0307. The summed E-state index contributed by atoms with van der Waals surface area (Å²) >= 11 is 0. The van der Waals surface area contributed by atoms with Gasteiger partial charge < -0.3 is 15.1 Å². The zero-order chi connectivity index (χ0) is 16.2. The lowest BCUT2D eigenvalue weighted by Gasteiger charge is -2.09. The van der Waals surface area contributed by atoms with Crippen LogP contribution in [0.1, 0.15) is 18.7 Å². The van der Waals surface area contributed by atoms with Gasteiger partial charge in [0.15, 0.2) is 22.1 Å². The fraction of sp³-hybridized carbons (Fsp3) is 0.267. The first-order valence-electron chi connectivity index (χ1n) is 6.83. The van der Waals surface area contributed by atoms with Crippen molar-refractivity contribution in [1.29, 1.82) is 0 Å². The first-order chi connectivity index (χ1) is 10.4. The fourth-order valence-electron chi connectivity index (χ4n) is 1.97. The van der Waals surface area contributed by atoms with Crippen molar-refractivity contribution in [3.05, 3.63) is 48.4 Å². The van der Waals surface area contributed by atoms with Crippen molar-refractivity contribution in [1.82, 2.24) is 0 Å². The Morgan fingerprint density at radius 2 is 2.09 bits per heavy atom. The molecular weight excluding hydrogens is 304 g/mol. The molecule has 1 aromatic carbocycles. The maximum absolute atomic E-state index is 11.9. The van der Waals surface area contributed by atoms with E-state index in [1.54, 1.807) is 24.5 Å². The summed E-state index contributed by atoms with van der Waals surface area (Å²) in [6.45, 7) is 2.15. The summed E-state index contributed by atoms with van der Waals surface area (Å²) in [5.74, 6) is 0.593.